The fourth-order valence-corrected chi connectivity index (χ4v) is 5.35. The number of nitrogens with zero attached hydrogens (tertiary/aromatic N) is 2. The van der Waals surface area contributed by atoms with Crippen LogP contribution in [0.25, 0.3) is 0 Å². The highest BCUT2D eigenvalue weighted by molar-refractivity contribution is 7.92. The number of aryl methyl sites for hydroxylation is 1. The Labute approximate surface area is 235 Å². The van der Waals surface area contributed by atoms with Crippen molar-refractivity contribution >= 4 is 27.5 Å². The lowest BCUT2D eigenvalue weighted by atomic mass is 10.1. The number of anilines is 1. The molecule has 0 aromatic heterocycles. The molecule has 0 spiro atoms. The molecule has 3 aromatic carbocycles. The van der Waals surface area contributed by atoms with Crippen molar-refractivity contribution in [2.24, 2.45) is 5.92 Å². The van der Waals surface area contributed by atoms with E-state index in [4.69, 9.17) is 4.74 Å². The Hall–Kier alpha value is -3.92. The van der Waals surface area contributed by atoms with Gasteiger partial charge in [-0.05, 0) is 73.9 Å². The van der Waals surface area contributed by atoms with Gasteiger partial charge in [0, 0.05) is 13.1 Å². The van der Waals surface area contributed by atoms with Gasteiger partial charge < -0.3 is 15.0 Å². The third kappa shape index (κ3) is 7.81. The van der Waals surface area contributed by atoms with Gasteiger partial charge in [0.2, 0.25) is 11.8 Å². The highest BCUT2D eigenvalue weighted by Gasteiger charge is 2.32. The average Bonchev–Trinajstić information content (AvgIpc) is 2.94. The van der Waals surface area contributed by atoms with E-state index in [2.05, 4.69) is 5.32 Å². The van der Waals surface area contributed by atoms with Gasteiger partial charge in [-0.1, -0.05) is 43.7 Å². The van der Waals surface area contributed by atoms with Crippen LogP contribution < -0.4 is 14.4 Å². The Morgan fingerprint density at radius 2 is 1.52 bits per heavy atom. The van der Waals surface area contributed by atoms with Crippen LogP contribution in [0, 0.1) is 18.7 Å². The molecule has 3 aromatic rings. The Morgan fingerprint density at radius 1 is 0.925 bits per heavy atom. The molecule has 0 aliphatic heterocycles. The Bertz CT molecular complexity index is 1390. The maximum absolute atomic E-state index is 13.9. The van der Waals surface area contributed by atoms with Crippen molar-refractivity contribution in [3.05, 3.63) is 89.7 Å². The highest BCUT2D eigenvalue weighted by Crippen LogP contribution is 2.26. The van der Waals surface area contributed by atoms with E-state index < -0.39 is 34.3 Å². The van der Waals surface area contributed by atoms with Gasteiger partial charge in [-0.15, -0.1) is 0 Å². The van der Waals surface area contributed by atoms with Gasteiger partial charge >= 0.3 is 0 Å². The Kier molecular flexibility index (Phi) is 10.3. The molecule has 40 heavy (non-hydrogen) atoms. The molecule has 0 aliphatic rings. The van der Waals surface area contributed by atoms with Crippen LogP contribution >= 0.6 is 0 Å². The summed E-state index contributed by atoms with van der Waals surface area (Å²) in [7, 11) is -2.79. The number of methoxy groups -OCH3 is 1. The van der Waals surface area contributed by atoms with Gasteiger partial charge in [-0.2, -0.15) is 0 Å². The number of halogens is 1. The smallest absolute Gasteiger partial charge is 0.264 e. The van der Waals surface area contributed by atoms with Crippen molar-refractivity contribution in [1.29, 1.82) is 0 Å². The SMILES string of the molecule is COc1ccc(S(=O)(=O)N(CC(=O)N(Cc2ccc(C)cc2)[C@@H](C)C(=O)NCC(C)C)c2ccc(F)cc2)cc1. The molecular formula is C30H36FN3O5S. The van der Waals surface area contributed by atoms with Gasteiger partial charge in [0.1, 0.15) is 24.2 Å². The van der Waals surface area contributed by atoms with Crippen LogP contribution in [0.2, 0.25) is 0 Å². The first-order chi connectivity index (χ1) is 18.9. The molecule has 0 saturated heterocycles. The van der Waals surface area contributed by atoms with Gasteiger partial charge in [0.05, 0.1) is 17.7 Å². The average molecular weight is 570 g/mol. The topological polar surface area (TPSA) is 96.0 Å². The Morgan fingerprint density at radius 3 is 2.08 bits per heavy atom. The predicted molar refractivity (Wildman–Crippen MR) is 153 cm³/mol. The van der Waals surface area contributed by atoms with Crippen LogP contribution in [-0.4, -0.2) is 51.4 Å². The lowest BCUT2D eigenvalue weighted by Crippen LogP contribution is -2.51. The summed E-state index contributed by atoms with van der Waals surface area (Å²) in [6, 6.07) is 17.3. The predicted octanol–water partition coefficient (Wildman–Crippen LogP) is 4.53. The second kappa shape index (κ2) is 13.4. The first kappa shape index (κ1) is 30.6. The minimum Gasteiger partial charge on any atom is -0.497 e. The van der Waals surface area contributed by atoms with Gasteiger partial charge in [-0.3, -0.25) is 13.9 Å². The van der Waals surface area contributed by atoms with Crippen molar-refractivity contribution in [1.82, 2.24) is 10.2 Å². The number of hydrogen-bond donors (Lipinski definition) is 1. The van der Waals surface area contributed by atoms with Gasteiger partial charge in [0.25, 0.3) is 10.0 Å². The number of benzene rings is 3. The second-order valence-electron chi connectivity index (χ2n) is 9.99. The van der Waals surface area contributed by atoms with E-state index >= 15 is 0 Å². The lowest BCUT2D eigenvalue weighted by molar-refractivity contribution is -0.139. The van der Waals surface area contributed by atoms with Gasteiger partial charge in [-0.25, -0.2) is 12.8 Å². The summed E-state index contributed by atoms with van der Waals surface area (Å²) in [4.78, 5) is 28.2. The van der Waals surface area contributed by atoms with E-state index in [1.54, 1.807) is 6.92 Å². The number of carbonyl (C=O) groups is 2. The molecular weight excluding hydrogens is 533 g/mol. The zero-order valence-electron chi connectivity index (χ0n) is 23.4. The number of sulfonamides is 1. The normalized spacial score (nSPS) is 12.1. The number of nitrogens with one attached hydrogen (secondary N) is 1. The second-order valence-corrected chi connectivity index (χ2v) is 11.8. The molecule has 214 valence electrons. The first-order valence-electron chi connectivity index (χ1n) is 13.0. The molecule has 0 saturated carbocycles. The minimum atomic E-state index is -4.26. The summed E-state index contributed by atoms with van der Waals surface area (Å²) in [6.45, 7) is 7.41. The molecule has 0 heterocycles. The Balaban J connectivity index is 2.00. The summed E-state index contributed by atoms with van der Waals surface area (Å²) in [5.41, 5.74) is 1.93. The van der Waals surface area contributed by atoms with E-state index in [1.165, 1.54) is 48.4 Å². The fourth-order valence-electron chi connectivity index (χ4n) is 3.94. The molecule has 10 heteroatoms. The van der Waals surface area contributed by atoms with E-state index in [9.17, 15) is 22.4 Å². The molecule has 3 rings (SSSR count). The van der Waals surface area contributed by atoms with Crippen LogP contribution in [0.5, 0.6) is 5.75 Å². The number of hydrogen-bond acceptors (Lipinski definition) is 5. The quantitative estimate of drug-likeness (QED) is 0.346. The van der Waals surface area contributed by atoms with E-state index in [0.29, 0.717) is 12.3 Å². The highest BCUT2D eigenvalue weighted by atomic mass is 32.2. The first-order valence-corrected chi connectivity index (χ1v) is 14.4. The molecule has 1 N–H and O–H groups in total. The van der Waals surface area contributed by atoms with Crippen molar-refractivity contribution in [2.45, 2.75) is 45.2 Å². The lowest BCUT2D eigenvalue weighted by Gasteiger charge is -2.32. The molecule has 0 aliphatic carbocycles. The van der Waals surface area contributed by atoms with E-state index in [-0.39, 0.29) is 29.0 Å². The van der Waals surface area contributed by atoms with Gasteiger partial charge in [0.15, 0.2) is 0 Å². The number of carbonyl (C=O) groups excluding carboxylic acids is 2. The van der Waals surface area contributed by atoms with Crippen LogP contribution in [0.4, 0.5) is 10.1 Å². The summed E-state index contributed by atoms with van der Waals surface area (Å²) in [5, 5.41) is 2.85. The van der Waals surface area contributed by atoms with Crippen LogP contribution in [-0.2, 0) is 26.2 Å². The summed E-state index contributed by atoms with van der Waals surface area (Å²) >= 11 is 0. The third-order valence-electron chi connectivity index (χ3n) is 6.37. The summed E-state index contributed by atoms with van der Waals surface area (Å²) < 4.78 is 47.4. The maximum Gasteiger partial charge on any atom is 0.264 e. The zero-order chi connectivity index (χ0) is 29.4. The number of ether oxygens (including phenoxy) is 1. The molecule has 0 unspecified atom stereocenters. The molecule has 2 amide bonds. The molecule has 0 radical (unpaired) electrons. The molecule has 1 atom stereocenters. The largest absolute Gasteiger partial charge is 0.497 e. The van der Waals surface area contributed by atoms with Crippen molar-refractivity contribution in [2.75, 3.05) is 24.5 Å². The maximum atomic E-state index is 13.9. The molecule has 8 nitrogen and oxygen atoms in total. The number of rotatable bonds is 12. The zero-order valence-corrected chi connectivity index (χ0v) is 24.2. The molecule has 0 bridgehead atoms. The summed E-state index contributed by atoms with van der Waals surface area (Å²) in [6.07, 6.45) is 0. The van der Waals surface area contributed by atoms with Crippen LogP contribution in [0.1, 0.15) is 31.9 Å². The minimum absolute atomic E-state index is 0.0711. The van der Waals surface area contributed by atoms with Crippen molar-refractivity contribution in [3.8, 4) is 5.75 Å². The molecule has 0 fully saturated rings. The number of amides is 2. The van der Waals surface area contributed by atoms with Crippen molar-refractivity contribution < 1.29 is 27.1 Å². The third-order valence-corrected chi connectivity index (χ3v) is 8.15. The van der Waals surface area contributed by atoms with Crippen molar-refractivity contribution in [3.63, 3.8) is 0 Å². The van der Waals surface area contributed by atoms with Crippen LogP contribution in [0.15, 0.2) is 77.7 Å². The van der Waals surface area contributed by atoms with Crippen LogP contribution in [0.3, 0.4) is 0 Å². The fraction of sp³-hybridized carbons (Fsp3) is 0.333. The van der Waals surface area contributed by atoms with E-state index in [1.807, 2.05) is 45.0 Å². The summed E-state index contributed by atoms with van der Waals surface area (Å²) in [5.74, 6) is -0.808. The standard InChI is InChI=1S/C30H36FN3O5S/c1-21(2)18-32-30(36)23(4)33(19-24-8-6-22(3)7-9-24)29(35)20-34(26-12-10-25(31)11-13-26)40(37,38)28-16-14-27(39-5)15-17-28/h6-17,21,23H,18-20H2,1-5H3,(H,32,36)/t23-/m0/s1. The monoisotopic (exact) mass is 569 g/mol. The van der Waals surface area contributed by atoms with E-state index in [0.717, 1.165) is 27.6 Å².